The van der Waals surface area contributed by atoms with Crippen LogP contribution in [0, 0.1) is 0 Å². The summed E-state index contributed by atoms with van der Waals surface area (Å²) in [6.07, 6.45) is -4.56. The number of halogens is 5. The summed E-state index contributed by atoms with van der Waals surface area (Å²) in [6, 6.07) is 0. The maximum Gasteiger partial charge on any atom is 0.455 e. The molecule has 0 unspecified atom stereocenters. The number of hydrogen-bond acceptors (Lipinski definition) is 4. The van der Waals surface area contributed by atoms with Gasteiger partial charge in [-0.2, -0.15) is 27.1 Å². The van der Waals surface area contributed by atoms with Crippen molar-refractivity contribution in [2.24, 2.45) is 5.10 Å². The minimum atomic E-state index is -5.66. The van der Waals surface area contributed by atoms with Crippen LogP contribution in [0.5, 0.6) is 0 Å². The summed E-state index contributed by atoms with van der Waals surface area (Å²) in [5.74, 6) is -4.91. The normalized spacial score (nSPS) is 14.7. The molecular weight excluding hydrogens is 310 g/mol. The average Bonchev–Trinajstić information content (AvgIpc) is 2.30. The number of hydrogen-bond donors (Lipinski definition) is 2. The summed E-state index contributed by atoms with van der Waals surface area (Å²) in [6.45, 7) is 7.74. The van der Waals surface area contributed by atoms with Crippen molar-refractivity contribution >= 4 is 13.1 Å². The summed E-state index contributed by atoms with van der Waals surface area (Å²) < 4.78 is 66.5. The maximum absolute atomic E-state index is 12.7. The van der Waals surface area contributed by atoms with E-state index >= 15 is 0 Å². The van der Waals surface area contributed by atoms with Crippen LogP contribution in [0.15, 0.2) is 17.8 Å². The van der Waals surface area contributed by atoms with E-state index in [4.69, 9.17) is 4.65 Å². The SMILES string of the molecule is C=C/C([B]OC(C)(C)C(C)(C)O)=N\NCC(F)(F)C(F)(F)F. The van der Waals surface area contributed by atoms with Crippen LogP contribution in [-0.4, -0.2) is 48.0 Å². The van der Waals surface area contributed by atoms with Crippen LogP contribution in [0.2, 0.25) is 0 Å². The molecule has 0 spiro atoms. The van der Waals surface area contributed by atoms with E-state index in [9.17, 15) is 27.1 Å². The van der Waals surface area contributed by atoms with Crippen LogP contribution in [0.3, 0.4) is 0 Å². The predicted octanol–water partition coefficient (Wildman–Crippen LogP) is 2.46. The lowest BCUT2D eigenvalue weighted by Gasteiger charge is -2.37. The van der Waals surface area contributed by atoms with Gasteiger partial charge in [0.15, 0.2) is 0 Å². The molecule has 0 aliphatic heterocycles. The van der Waals surface area contributed by atoms with E-state index in [0.29, 0.717) is 0 Å². The fourth-order valence-corrected chi connectivity index (χ4v) is 0.802. The second kappa shape index (κ2) is 6.95. The largest absolute Gasteiger partial charge is 0.455 e. The van der Waals surface area contributed by atoms with E-state index in [2.05, 4.69) is 11.7 Å². The Hall–Kier alpha value is -1.16. The molecule has 0 heterocycles. The van der Waals surface area contributed by atoms with E-state index < -0.39 is 29.8 Å². The van der Waals surface area contributed by atoms with Gasteiger partial charge in [-0.3, -0.25) is 0 Å². The Kier molecular flexibility index (Phi) is 6.58. The third-order valence-electron chi connectivity index (χ3n) is 3.08. The second-order valence-corrected chi connectivity index (χ2v) is 5.58. The second-order valence-electron chi connectivity index (χ2n) is 5.58. The third-order valence-corrected chi connectivity index (χ3v) is 3.08. The zero-order valence-electron chi connectivity index (χ0n) is 12.8. The topological polar surface area (TPSA) is 53.9 Å². The molecule has 10 heteroatoms. The molecule has 0 rings (SSSR count). The summed E-state index contributed by atoms with van der Waals surface area (Å²) in [4.78, 5) is 0. The summed E-state index contributed by atoms with van der Waals surface area (Å²) in [7, 11) is 1.00. The van der Waals surface area contributed by atoms with E-state index in [0.717, 1.165) is 13.6 Å². The molecule has 22 heavy (non-hydrogen) atoms. The first kappa shape index (κ1) is 20.8. The Morgan fingerprint density at radius 3 is 2.09 bits per heavy atom. The predicted molar refractivity (Wildman–Crippen MR) is 73.9 cm³/mol. The van der Waals surface area contributed by atoms with Crippen molar-refractivity contribution in [2.45, 2.75) is 51.0 Å². The highest BCUT2D eigenvalue weighted by molar-refractivity contribution is 6.73. The first-order chi connectivity index (χ1) is 9.64. The Bertz CT molecular complexity index is 417. The number of alkyl halides is 5. The van der Waals surface area contributed by atoms with Gasteiger partial charge < -0.3 is 15.2 Å². The molecule has 1 radical (unpaired) electrons. The van der Waals surface area contributed by atoms with Crippen LogP contribution in [-0.2, 0) is 4.65 Å². The molecule has 0 aromatic rings. The molecule has 0 aliphatic rings. The lowest BCUT2D eigenvalue weighted by molar-refractivity contribution is -0.279. The monoisotopic (exact) mass is 329 g/mol. The van der Waals surface area contributed by atoms with Gasteiger partial charge in [-0.1, -0.05) is 12.7 Å². The highest BCUT2D eigenvalue weighted by Crippen LogP contribution is 2.34. The lowest BCUT2D eigenvalue weighted by Crippen LogP contribution is -2.49. The Labute approximate surface area is 126 Å². The molecule has 0 aliphatic carbocycles. The lowest BCUT2D eigenvalue weighted by atomic mass is 9.84. The van der Waals surface area contributed by atoms with Gasteiger partial charge >= 0.3 is 19.6 Å². The number of hydrazone groups is 1. The number of aliphatic hydroxyl groups is 1. The van der Waals surface area contributed by atoms with Crippen LogP contribution in [0.25, 0.3) is 0 Å². The van der Waals surface area contributed by atoms with E-state index in [-0.39, 0.29) is 5.61 Å². The molecular formula is C12H19BF5N2O2. The van der Waals surface area contributed by atoms with Gasteiger partial charge in [0, 0.05) is 0 Å². The van der Waals surface area contributed by atoms with Gasteiger partial charge in [-0.15, -0.1) is 0 Å². The van der Waals surface area contributed by atoms with Crippen molar-refractivity contribution in [3.05, 3.63) is 12.7 Å². The fourth-order valence-electron chi connectivity index (χ4n) is 0.802. The van der Waals surface area contributed by atoms with Crippen molar-refractivity contribution in [3.63, 3.8) is 0 Å². The zero-order chi connectivity index (χ0) is 17.8. The summed E-state index contributed by atoms with van der Waals surface area (Å²) >= 11 is 0. The van der Waals surface area contributed by atoms with Crippen molar-refractivity contribution < 1.29 is 31.7 Å². The van der Waals surface area contributed by atoms with E-state index in [1.807, 2.05) is 0 Å². The molecule has 0 aromatic carbocycles. The Balaban J connectivity index is 4.65. The number of rotatable bonds is 8. The minimum Gasteiger partial charge on any atom is -0.425 e. The standard InChI is InChI=1S/C12H19BF5N2O2/c1-6-8(13-22-10(4,5)9(2,3)21)20-19-7-11(14,15)12(16,17)18/h6,19,21H,1,7H2,2-5H3/b20-8+. The minimum absolute atomic E-state index is 0.102. The van der Waals surface area contributed by atoms with Crippen molar-refractivity contribution in [3.8, 4) is 0 Å². The smallest absolute Gasteiger partial charge is 0.425 e. The molecule has 127 valence electrons. The van der Waals surface area contributed by atoms with Gasteiger partial charge in [-0.05, 0) is 27.7 Å². The molecule has 0 aromatic heterocycles. The van der Waals surface area contributed by atoms with Crippen LogP contribution in [0.4, 0.5) is 22.0 Å². The first-order valence-electron chi connectivity index (χ1n) is 6.25. The Morgan fingerprint density at radius 2 is 1.73 bits per heavy atom. The van der Waals surface area contributed by atoms with Crippen molar-refractivity contribution in [1.82, 2.24) is 5.43 Å². The molecule has 0 saturated carbocycles. The molecule has 0 amide bonds. The summed E-state index contributed by atoms with van der Waals surface area (Å²) in [5.41, 5.74) is -0.749. The molecule has 0 bridgehead atoms. The van der Waals surface area contributed by atoms with Crippen molar-refractivity contribution in [1.29, 1.82) is 0 Å². The van der Waals surface area contributed by atoms with Gasteiger partial charge in [0.05, 0.1) is 16.8 Å². The Morgan fingerprint density at radius 1 is 1.23 bits per heavy atom. The molecule has 0 fully saturated rings. The van der Waals surface area contributed by atoms with Crippen LogP contribution in [0.1, 0.15) is 27.7 Å². The number of nitrogens with one attached hydrogen (secondary N) is 1. The fraction of sp³-hybridized carbons (Fsp3) is 0.750. The van der Waals surface area contributed by atoms with Gasteiger partial charge in [0.1, 0.15) is 6.54 Å². The average molecular weight is 329 g/mol. The molecule has 0 atom stereocenters. The zero-order valence-corrected chi connectivity index (χ0v) is 12.8. The quantitative estimate of drug-likeness (QED) is 0.311. The van der Waals surface area contributed by atoms with Crippen molar-refractivity contribution in [2.75, 3.05) is 6.54 Å². The summed E-state index contributed by atoms with van der Waals surface area (Å²) in [5, 5.41) is 13.2. The van der Waals surface area contributed by atoms with E-state index in [1.165, 1.54) is 13.8 Å². The van der Waals surface area contributed by atoms with Gasteiger partial charge in [0.25, 0.3) is 0 Å². The first-order valence-corrected chi connectivity index (χ1v) is 6.25. The maximum atomic E-state index is 12.7. The highest BCUT2D eigenvalue weighted by Gasteiger charge is 2.57. The van der Waals surface area contributed by atoms with Gasteiger partial charge in [0.2, 0.25) is 0 Å². The highest BCUT2D eigenvalue weighted by atomic mass is 19.4. The molecule has 0 saturated heterocycles. The molecule has 2 N–H and O–H groups in total. The van der Waals surface area contributed by atoms with Crippen LogP contribution < -0.4 is 5.43 Å². The third kappa shape index (κ3) is 5.92. The van der Waals surface area contributed by atoms with Crippen LogP contribution >= 0.6 is 0 Å². The molecule has 4 nitrogen and oxygen atoms in total. The number of allylic oxidation sites excluding steroid dienone is 1. The van der Waals surface area contributed by atoms with E-state index in [1.54, 1.807) is 19.3 Å². The van der Waals surface area contributed by atoms with Gasteiger partial charge in [-0.25, -0.2) is 0 Å². The number of nitrogens with zero attached hydrogens (tertiary/aromatic N) is 1.